The van der Waals surface area contributed by atoms with Gasteiger partial charge >= 0.3 is 11.5 Å². The first-order chi connectivity index (χ1) is 9.04. The second kappa shape index (κ2) is 3.71. The third-order valence-electron chi connectivity index (χ3n) is 3.02. The fourth-order valence-corrected chi connectivity index (χ4v) is 2.15. The molecule has 0 amide bonds. The van der Waals surface area contributed by atoms with Gasteiger partial charge in [0, 0.05) is 13.6 Å². The molecule has 0 aliphatic carbocycles. The average Bonchev–Trinajstić information content (AvgIpc) is 2.87. The van der Waals surface area contributed by atoms with Crippen molar-refractivity contribution in [2.24, 2.45) is 7.05 Å². The van der Waals surface area contributed by atoms with Crippen molar-refractivity contribution in [2.45, 2.75) is 13.5 Å². The summed E-state index contributed by atoms with van der Waals surface area (Å²) < 4.78 is 9.38. The molecule has 0 aromatic carbocycles. The van der Waals surface area contributed by atoms with E-state index in [0.29, 0.717) is 22.8 Å². The molecule has 0 aliphatic rings. The Morgan fingerprint density at radius 1 is 1.47 bits per heavy atom. The number of rotatable bonds is 2. The quantitative estimate of drug-likeness (QED) is 0.626. The Labute approximate surface area is 107 Å². The van der Waals surface area contributed by atoms with E-state index in [-0.39, 0.29) is 6.54 Å². The minimum absolute atomic E-state index is 0.158. The van der Waals surface area contributed by atoms with E-state index in [9.17, 15) is 9.59 Å². The number of hydrogen-bond donors (Lipinski definition) is 0. The van der Waals surface area contributed by atoms with Gasteiger partial charge in [0.25, 0.3) is 5.56 Å². The molecule has 3 heterocycles. The summed E-state index contributed by atoms with van der Waals surface area (Å²) >= 11 is 0. The van der Waals surface area contributed by atoms with Crippen LogP contribution in [-0.4, -0.2) is 18.5 Å². The molecule has 0 radical (unpaired) electrons. The van der Waals surface area contributed by atoms with Crippen molar-refractivity contribution in [1.29, 1.82) is 0 Å². The molecule has 0 bridgehead atoms. The van der Waals surface area contributed by atoms with Crippen molar-refractivity contribution in [3.63, 3.8) is 0 Å². The molecule has 0 spiro atoms. The zero-order valence-electron chi connectivity index (χ0n) is 10.6. The number of aromatic nitrogens is 4. The minimum Gasteiger partial charge on any atom is -0.428 e. The van der Waals surface area contributed by atoms with Crippen molar-refractivity contribution in [3.05, 3.63) is 45.5 Å². The van der Waals surface area contributed by atoms with Crippen LogP contribution in [-0.2, 0) is 13.6 Å². The van der Waals surface area contributed by atoms with Crippen LogP contribution in [0.4, 0.5) is 0 Å². The predicted octanol–water partition coefficient (Wildman–Crippen LogP) is 0.435. The number of imidazole rings is 1. The zero-order chi connectivity index (χ0) is 13.7. The maximum Gasteiger partial charge on any atom is 0.332 e. The lowest BCUT2D eigenvalue weighted by molar-refractivity contribution is 0.563. The number of fused-ring (bicyclic) bond motifs is 3. The van der Waals surface area contributed by atoms with Crippen LogP contribution < -0.4 is 11.2 Å². The molecule has 0 unspecified atom stereocenters. The Morgan fingerprint density at radius 2 is 2.21 bits per heavy atom. The highest BCUT2D eigenvalue weighted by Crippen LogP contribution is 2.14. The van der Waals surface area contributed by atoms with Crippen molar-refractivity contribution >= 4 is 17.0 Å². The summed E-state index contributed by atoms with van der Waals surface area (Å²) in [5.41, 5.74) is -0.175. The molecule has 0 atom stereocenters. The van der Waals surface area contributed by atoms with E-state index >= 15 is 0 Å². The van der Waals surface area contributed by atoms with Gasteiger partial charge in [-0.25, -0.2) is 4.79 Å². The molecule has 0 fully saturated rings. The molecule has 0 saturated carbocycles. The van der Waals surface area contributed by atoms with E-state index in [1.807, 2.05) is 0 Å². The number of oxazole rings is 1. The van der Waals surface area contributed by atoms with Crippen LogP contribution >= 0.6 is 0 Å². The molecule has 3 aromatic rings. The summed E-state index contributed by atoms with van der Waals surface area (Å²) in [7, 11) is 1.57. The van der Waals surface area contributed by atoms with Crippen LogP contribution in [0.3, 0.4) is 0 Å². The highest BCUT2D eigenvalue weighted by Gasteiger charge is 2.18. The van der Waals surface area contributed by atoms with Crippen molar-refractivity contribution < 1.29 is 4.42 Å². The number of aryl methyl sites for hydroxylation is 2. The molecular formula is C12H12N4O3. The Kier molecular flexibility index (Phi) is 2.25. The summed E-state index contributed by atoms with van der Waals surface area (Å²) in [6.45, 7) is 5.48. The highest BCUT2D eigenvalue weighted by molar-refractivity contribution is 5.74. The SMILES string of the molecule is C=CCn1c(=O)c2c(nc3oc(C)cn32)n(C)c1=O. The first-order valence-corrected chi connectivity index (χ1v) is 5.73. The van der Waals surface area contributed by atoms with Crippen LogP contribution in [0, 0.1) is 6.92 Å². The van der Waals surface area contributed by atoms with Gasteiger partial charge in [-0.15, -0.1) is 6.58 Å². The first-order valence-electron chi connectivity index (χ1n) is 5.73. The summed E-state index contributed by atoms with van der Waals surface area (Å²) in [6, 6.07) is 0. The minimum atomic E-state index is -0.421. The fourth-order valence-electron chi connectivity index (χ4n) is 2.15. The Bertz CT molecular complexity index is 922. The third-order valence-corrected chi connectivity index (χ3v) is 3.02. The molecule has 7 nitrogen and oxygen atoms in total. The van der Waals surface area contributed by atoms with Gasteiger partial charge in [0.05, 0.1) is 6.20 Å². The third kappa shape index (κ3) is 1.41. The number of allylic oxidation sites excluding steroid dienone is 1. The van der Waals surface area contributed by atoms with E-state index in [1.54, 1.807) is 24.6 Å². The Balaban J connectivity index is 2.60. The summed E-state index contributed by atoms with van der Waals surface area (Å²) in [4.78, 5) is 28.6. The maximum atomic E-state index is 12.4. The van der Waals surface area contributed by atoms with Gasteiger partial charge in [-0.3, -0.25) is 18.3 Å². The number of hydrogen-bond acceptors (Lipinski definition) is 4. The maximum absolute atomic E-state index is 12.4. The summed E-state index contributed by atoms with van der Waals surface area (Å²) in [5.74, 6) is 0.948. The van der Waals surface area contributed by atoms with E-state index < -0.39 is 11.2 Å². The Hall–Kier alpha value is -2.57. The van der Waals surface area contributed by atoms with E-state index in [0.717, 1.165) is 4.57 Å². The highest BCUT2D eigenvalue weighted by atomic mass is 16.4. The number of nitrogens with zero attached hydrogens (tertiary/aromatic N) is 4. The standard InChI is InChI=1S/C12H12N4O3/c1-4-5-15-10(17)8-9(14(3)12(15)18)13-11-16(8)6-7(2)19-11/h4,6H,1,5H2,2-3H3. The Morgan fingerprint density at radius 3 is 2.89 bits per heavy atom. The van der Waals surface area contributed by atoms with Crippen LogP contribution in [0.25, 0.3) is 17.0 Å². The molecule has 3 rings (SSSR count). The molecule has 3 aromatic heterocycles. The van der Waals surface area contributed by atoms with E-state index in [4.69, 9.17) is 4.42 Å². The average molecular weight is 260 g/mol. The molecule has 0 aliphatic heterocycles. The van der Waals surface area contributed by atoms with Gasteiger partial charge in [-0.05, 0) is 6.92 Å². The van der Waals surface area contributed by atoms with Gasteiger partial charge in [-0.1, -0.05) is 6.08 Å². The molecular weight excluding hydrogens is 248 g/mol. The van der Waals surface area contributed by atoms with E-state index in [1.165, 1.54) is 10.6 Å². The monoisotopic (exact) mass is 260 g/mol. The first kappa shape index (κ1) is 11.5. The van der Waals surface area contributed by atoms with Gasteiger partial charge < -0.3 is 4.42 Å². The predicted molar refractivity (Wildman–Crippen MR) is 69.4 cm³/mol. The van der Waals surface area contributed by atoms with Crippen molar-refractivity contribution in [2.75, 3.05) is 0 Å². The second-order valence-corrected chi connectivity index (χ2v) is 4.32. The van der Waals surface area contributed by atoms with Crippen molar-refractivity contribution in [1.82, 2.24) is 18.5 Å². The lowest BCUT2D eigenvalue weighted by Gasteiger charge is -2.04. The molecule has 0 saturated heterocycles. The topological polar surface area (TPSA) is 74.4 Å². The van der Waals surface area contributed by atoms with Gasteiger partial charge in [0.15, 0.2) is 11.2 Å². The lowest BCUT2D eigenvalue weighted by Crippen LogP contribution is -2.39. The second-order valence-electron chi connectivity index (χ2n) is 4.32. The van der Waals surface area contributed by atoms with Gasteiger partial charge in [-0.2, -0.15) is 4.98 Å². The molecule has 98 valence electrons. The molecule has 7 heteroatoms. The van der Waals surface area contributed by atoms with Crippen LogP contribution in [0.15, 0.2) is 32.9 Å². The fraction of sp³-hybridized carbons (Fsp3) is 0.250. The zero-order valence-corrected chi connectivity index (χ0v) is 10.6. The summed E-state index contributed by atoms with van der Waals surface area (Å²) in [6.07, 6.45) is 3.18. The van der Waals surface area contributed by atoms with Gasteiger partial charge in [0.2, 0.25) is 0 Å². The van der Waals surface area contributed by atoms with Crippen LogP contribution in [0.5, 0.6) is 0 Å². The molecule has 19 heavy (non-hydrogen) atoms. The van der Waals surface area contributed by atoms with Gasteiger partial charge in [0.1, 0.15) is 5.76 Å². The van der Waals surface area contributed by atoms with E-state index in [2.05, 4.69) is 11.6 Å². The summed E-state index contributed by atoms with van der Waals surface area (Å²) in [5, 5.41) is 0. The lowest BCUT2D eigenvalue weighted by atomic mass is 10.4. The van der Waals surface area contributed by atoms with Crippen molar-refractivity contribution in [3.8, 4) is 0 Å². The normalized spacial score (nSPS) is 11.5. The molecule has 0 N–H and O–H groups in total. The van der Waals surface area contributed by atoms with Crippen LogP contribution in [0.2, 0.25) is 0 Å². The smallest absolute Gasteiger partial charge is 0.332 e. The largest absolute Gasteiger partial charge is 0.428 e. The van der Waals surface area contributed by atoms with Crippen LogP contribution in [0.1, 0.15) is 5.76 Å².